The van der Waals surface area contributed by atoms with Gasteiger partial charge in [0.2, 0.25) is 0 Å². The molecule has 1 heterocycles. The molecule has 1 aliphatic rings. The van der Waals surface area contributed by atoms with Crippen LogP contribution in [0.15, 0.2) is 91.0 Å². The van der Waals surface area contributed by atoms with E-state index in [1.165, 1.54) is 0 Å². The lowest BCUT2D eigenvalue weighted by Gasteiger charge is -2.42. The van der Waals surface area contributed by atoms with E-state index < -0.39 is 5.41 Å². The first kappa shape index (κ1) is 23.0. The summed E-state index contributed by atoms with van der Waals surface area (Å²) >= 11 is 0. The third-order valence-electron chi connectivity index (χ3n) is 7.42. The third-order valence-corrected chi connectivity index (χ3v) is 7.42. The van der Waals surface area contributed by atoms with Crippen LogP contribution in [0.1, 0.15) is 49.3 Å². The molecule has 0 atom stereocenters. The van der Waals surface area contributed by atoms with Gasteiger partial charge in [0, 0.05) is 13.0 Å². The molecule has 3 nitrogen and oxygen atoms in total. The first-order chi connectivity index (χ1) is 16.1. The van der Waals surface area contributed by atoms with Crippen molar-refractivity contribution in [3.05, 3.63) is 108 Å². The fourth-order valence-electron chi connectivity index (χ4n) is 5.39. The molecular weight excluding hydrogens is 404 g/mol. The van der Waals surface area contributed by atoms with Crippen LogP contribution in [0.5, 0.6) is 0 Å². The maximum absolute atomic E-state index is 13.1. The Morgan fingerprint density at radius 2 is 1.36 bits per heavy atom. The predicted octanol–water partition coefficient (Wildman–Crippen LogP) is 5.90. The van der Waals surface area contributed by atoms with Crippen LogP contribution in [0.4, 0.5) is 0 Å². The number of benzene rings is 3. The van der Waals surface area contributed by atoms with E-state index in [-0.39, 0.29) is 5.41 Å². The van der Waals surface area contributed by atoms with Crippen LogP contribution < -0.4 is 0 Å². The van der Waals surface area contributed by atoms with E-state index in [0.29, 0.717) is 12.2 Å². The molecule has 3 aromatic rings. The topological polar surface area (TPSA) is 44.1 Å². The zero-order valence-electron chi connectivity index (χ0n) is 19.4. The van der Waals surface area contributed by atoms with Crippen LogP contribution in [0.3, 0.4) is 0 Å². The van der Waals surface area contributed by atoms with Crippen LogP contribution in [0.2, 0.25) is 0 Å². The number of nitriles is 1. The second kappa shape index (κ2) is 10.1. The summed E-state index contributed by atoms with van der Waals surface area (Å²) in [6.45, 7) is 4.53. The fourth-order valence-corrected chi connectivity index (χ4v) is 5.39. The van der Waals surface area contributed by atoms with Gasteiger partial charge in [-0.25, -0.2) is 0 Å². The van der Waals surface area contributed by atoms with E-state index in [2.05, 4.69) is 47.4 Å². The Kier molecular flexibility index (Phi) is 7.06. The predicted molar refractivity (Wildman–Crippen MR) is 133 cm³/mol. The molecular formula is C30H32N2O. The first-order valence-corrected chi connectivity index (χ1v) is 12.0. The van der Waals surface area contributed by atoms with Gasteiger partial charge in [0.05, 0.1) is 11.5 Å². The second-order valence-electron chi connectivity index (χ2n) is 9.07. The van der Waals surface area contributed by atoms with Crippen molar-refractivity contribution < 1.29 is 4.79 Å². The van der Waals surface area contributed by atoms with Crippen molar-refractivity contribution in [3.63, 3.8) is 0 Å². The van der Waals surface area contributed by atoms with Gasteiger partial charge in [-0.05, 0) is 49.0 Å². The van der Waals surface area contributed by atoms with Gasteiger partial charge in [-0.3, -0.25) is 4.79 Å². The molecule has 0 aromatic heterocycles. The van der Waals surface area contributed by atoms with Gasteiger partial charge < -0.3 is 4.90 Å². The molecule has 0 bridgehead atoms. The molecule has 0 N–H and O–H groups in total. The fraction of sp³-hybridized carbons (Fsp3) is 0.333. The number of likely N-dealkylation sites (tertiary alicyclic amines) is 1. The van der Waals surface area contributed by atoms with Crippen molar-refractivity contribution in [2.45, 2.75) is 43.4 Å². The summed E-state index contributed by atoms with van der Waals surface area (Å²) < 4.78 is 0. The smallest absolute Gasteiger partial charge is 0.143 e. The summed E-state index contributed by atoms with van der Waals surface area (Å²) in [6.07, 6.45) is 2.95. The summed E-state index contributed by atoms with van der Waals surface area (Å²) in [7, 11) is 0. The Labute approximate surface area is 197 Å². The van der Waals surface area contributed by atoms with Gasteiger partial charge in [0.15, 0.2) is 0 Å². The first-order valence-electron chi connectivity index (χ1n) is 12.0. The molecule has 3 aromatic carbocycles. The average molecular weight is 437 g/mol. The number of carbonyl (C=O) groups is 1. The molecule has 3 heteroatoms. The number of carbonyl (C=O) groups excluding carboxylic acids is 1. The number of rotatable bonds is 8. The van der Waals surface area contributed by atoms with Crippen molar-refractivity contribution in [3.8, 4) is 6.07 Å². The molecule has 0 unspecified atom stereocenters. The van der Waals surface area contributed by atoms with Gasteiger partial charge in [0.25, 0.3) is 0 Å². The molecule has 0 radical (unpaired) electrons. The summed E-state index contributed by atoms with van der Waals surface area (Å²) in [5.41, 5.74) is 2.16. The minimum atomic E-state index is -0.685. The molecule has 0 aliphatic carbocycles. The van der Waals surface area contributed by atoms with Crippen molar-refractivity contribution in [1.82, 2.24) is 4.90 Å². The minimum absolute atomic E-state index is 0.341. The Bertz CT molecular complexity index is 1040. The maximum Gasteiger partial charge on any atom is 0.143 e. The highest BCUT2D eigenvalue weighted by atomic mass is 16.1. The summed E-state index contributed by atoms with van der Waals surface area (Å²) in [5.74, 6) is 0.341. The Hall–Kier alpha value is -3.22. The van der Waals surface area contributed by atoms with E-state index in [1.807, 2.05) is 61.5 Å². The quantitative estimate of drug-likeness (QED) is 0.442. The van der Waals surface area contributed by atoms with Gasteiger partial charge in [-0.2, -0.15) is 5.26 Å². The normalized spacial score (nSPS) is 16.1. The van der Waals surface area contributed by atoms with Crippen molar-refractivity contribution >= 4 is 5.78 Å². The SMILES string of the molecule is CCC(=O)C1(c2ccccc2)CCN(CCC(C#N)(c2ccccc2)c2ccccc2)CC1. The van der Waals surface area contributed by atoms with Gasteiger partial charge in [-0.15, -0.1) is 0 Å². The molecule has 0 spiro atoms. The Balaban J connectivity index is 1.54. The number of ketones is 1. The summed E-state index contributed by atoms with van der Waals surface area (Å²) in [6, 6.07) is 33.2. The van der Waals surface area contributed by atoms with E-state index in [1.54, 1.807) is 0 Å². The Morgan fingerprint density at radius 3 is 1.82 bits per heavy atom. The summed E-state index contributed by atoms with van der Waals surface area (Å²) in [5, 5.41) is 10.4. The standard InChI is InChI=1S/C30H32N2O/c1-2-28(33)29(25-12-6-3-7-13-25)18-21-32(22-19-29)23-20-30(24-31,26-14-8-4-9-15-26)27-16-10-5-11-17-27/h3-17H,2,18-23H2,1H3. The summed E-state index contributed by atoms with van der Waals surface area (Å²) in [4.78, 5) is 15.5. The second-order valence-corrected chi connectivity index (χ2v) is 9.07. The lowest BCUT2D eigenvalue weighted by molar-refractivity contribution is -0.126. The molecule has 4 rings (SSSR count). The van der Waals surface area contributed by atoms with E-state index in [9.17, 15) is 10.1 Å². The van der Waals surface area contributed by atoms with Crippen molar-refractivity contribution in [2.24, 2.45) is 0 Å². The number of piperidine rings is 1. The molecule has 1 fully saturated rings. The van der Waals surface area contributed by atoms with Gasteiger partial charge in [-0.1, -0.05) is 97.9 Å². The van der Waals surface area contributed by atoms with E-state index in [4.69, 9.17) is 0 Å². The molecule has 0 amide bonds. The number of hydrogen-bond acceptors (Lipinski definition) is 3. The van der Waals surface area contributed by atoms with Crippen molar-refractivity contribution in [1.29, 1.82) is 5.26 Å². The molecule has 33 heavy (non-hydrogen) atoms. The zero-order chi connectivity index (χ0) is 23.2. The van der Waals surface area contributed by atoms with Crippen LogP contribution >= 0.6 is 0 Å². The number of hydrogen-bond donors (Lipinski definition) is 0. The lowest BCUT2D eigenvalue weighted by atomic mass is 9.68. The van der Waals surface area contributed by atoms with Gasteiger partial charge >= 0.3 is 0 Å². The van der Waals surface area contributed by atoms with Gasteiger partial charge in [0.1, 0.15) is 11.2 Å². The van der Waals surface area contributed by atoms with E-state index >= 15 is 0 Å². The number of Topliss-reactive ketones (excluding diaryl/α,β-unsaturated/α-hetero) is 1. The lowest BCUT2D eigenvalue weighted by Crippen LogP contribution is -2.48. The average Bonchev–Trinajstić information content (AvgIpc) is 2.91. The number of nitrogens with zero attached hydrogens (tertiary/aromatic N) is 2. The molecule has 1 saturated heterocycles. The highest BCUT2D eigenvalue weighted by molar-refractivity contribution is 5.90. The zero-order valence-corrected chi connectivity index (χ0v) is 19.4. The van der Waals surface area contributed by atoms with Crippen molar-refractivity contribution in [2.75, 3.05) is 19.6 Å². The van der Waals surface area contributed by atoms with Crippen LogP contribution in [-0.2, 0) is 15.6 Å². The molecule has 1 aliphatic heterocycles. The third kappa shape index (κ3) is 4.49. The largest absolute Gasteiger partial charge is 0.303 e. The minimum Gasteiger partial charge on any atom is -0.303 e. The molecule has 168 valence electrons. The van der Waals surface area contributed by atoms with Crippen LogP contribution in [0, 0.1) is 11.3 Å². The monoisotopic (exact) mass is 436 g/mol. The van der Waals surface area contributed by atoms with E-state index in [0.717, 1.165) is 55.6 Å². The Morgan fingerprint density at radius 1 is 0.879 bits per heavy atom. The highest BCUT2D eigenvalue weighted by Crippen LogP contribution is 2.39. The highest BCUT2D eigenvalue weighted by Gasteiger charge is 2.42. The van der Waals surface area contributed by atoms with Crippen LogP contribution in [-0.4, -0.2) is 30.3 Å². The van der Waals surface area contributed by atoms with Crippen LogP contribution in [0.25, 0.3) is 0 Å². The molecule has 0 saturated carbocycles. The maximum atomic E-state index is 13.1.